The van der Waals surface area contributed by atoms with E-state index in [2.05, 4.69) is 28.6 Å². The molecule has 0 fully saturated rings. The normalized spacial score (nSPS) is 15.7. The van der Waals surface area contributed by atoms with Crippen LogP contribution in [0.1, 0.15) is 39.5 Å². The van der Waals surface area contributed by atoms with Crippen molar-refractivity contribution in [1.82, 2.24) is 16.0 Å². The first-order valence-electron chi connectivity index (χ1n) is 8.15. The predicted octanol–water partition coefficient (Wildman–Crippen LogP) is -1.08. The molecule has 0 saturated heterocycles. The van der Waals surface area contributed by atoms with E-state index in [4.69, 9.17) is 10.8 Å². The van der Waals surface area contributed by atoms with E-state index in [0.717, 1.165) is 6.42 Å². The number of unbranched alkanes of at least 4 members (excludes halogenated alkanes) is 1. The number of amides is 3. The van der Waals surface area contributed by atoms with Crippen molar-refractivity contribution in [2.45, 2.75) is 62.9 Å². The number of aliphatic hydroxyl groups is 1. The zero-order valence-corrected chi connectivity index (χ0v) is 15.2. The van der Waals surface area contributed by atoms with E-state index >= 15 is 0 Å². The predicted molar refractivity (Wildman–Crippen MR) is 95.6 cm³/mol. The number of carbonyl (C=O) groups is 3. The number of rotatable bonds is 13. The Balaban J connectivity index is 4.78. The van der Waals surface area contributed by atoms with Crippen LogP contribution in [0.15, 0.2) is 0 Å². The summed E-state index contributed by atoms with van der Waals surface area (Å²) in [5, 5.41) is 16.9. The second-order valence-electron chi connectivity index (χ2n) is 5.86. The van der Waals surface area contributed by atoms with Crippen molar-refractivity contribution in [3.63, 3.8) is 0 Å². The van der Waals surface area contributed by atoms with Crippen LogP contribution >= 0.6 is 12.6 Å². The van der Waals surface area contributed by atoms with Crippen molar-refractivity contribution >= 4 is 30.9 Å². The van der Waals surface area contributed by atoms with Gasteiger partial charge in [0.05, 0.1) is 6.61 Å². The standard InChI is InChI=1S/C15H30N4O4S/c1-10(7-11(2)24)18-14(22)12(5-3-4-6-16)19-15(23)13(8-20)17-9-21/h9-13,20,24H,3-8,16H2,1-2H3,(H,17,21)(H,18,22)(H,19,23). The summed E-state index contributed by atoms with van der Waals surface area (Å²) in [5.41, 5.74) is 5.46. The molecule has 8 nitrogen and oxygen atoms in total. The zero-order valence-electron chi connectivity index (χ0n) is 14.3. The highest BCUT2D eigenvalue weighted by atomic mass is 32.1. The maximum Gasteiger partial charge on any atom is 0.245 e. The Bertz CT molecular complexity index is 396. The summed E-state index contributed by atoms with van der Waals surface area (Å²) >= 11 is 4.29. The van der Waals surface area contributed by atoms with E-state index < -0.39 is 24.6 Å². The maximum absolute atomic E-state index is 12.4. The molecule has 9 heteroatoms. The molecule has 0 aliphatic heterocycles. The van der Waals surface area contributed by atoms with Crippen molar-refractivity contribution < 1.29 is 19.5 Å². The van der Waals surface area contributed by atoms with Gasteiger partial charge in [0.15, 0.2) is 0 Å². The Labute approximate surface area is 148 Å². The van der Waals surface area contributed by atoms with Crippen LogP contribution < -0.4 is 21.7 Å². The third-order valence-corrected chi connectivity index (χ3v) is 3.64. The van der Waals surface area contributed by atoms with Crippen molar-refractivity contribution in [2.75, 3.05) is 13.2 Å². The largest absolute Gasteiger partial charge is 0.394 e. The van der Waals surface area contributed by atoms with E-state index in [1.165, 1.54) is 0 Å². The van der Waals surface area contributed by atoms with Crippen molar-refractivity contribution in [3.8, 4) is 0 Å². The van der Waals surface area contributed by atoms with Gasteiger partial charge in [0.1, 0.15) is 12.1 Å². The van der Waals surface area contributed by atoms with E-state index in [1.54, 1.807) is 0 Å². The molecule has 0 rings (SSSR count). The fourth-order valence-electron chi connectivity index (χ4n) is 2.24. The zero-order chi connectivity index (χ0) is 18.5. The Hall–Kier alpha value is -1.32. The van der Waals surface area contributed by atoms with Crippen LogP contribution in [0.2, 0.25) is 0 Å². The molecule has 24 heavy (non-hydrogen) atoms. The average Bonchev–Trinajstić information content (AvgIpc) is 2.50. The minimum absolute atomic E-state index is 0.0827. The lowest BCUT2D eigenvalue weighted by Gasteiger charge is -2.23. The van der Waals surface area contributed by atoms with E-state index in [1.807, 2.05) is 13.8 Å². The lowest BCUT2D eigenvalue weighted by Crippen LogP contribution is -2.54. The molecule has 0 spiro atoms. The van der Waals surface area contributed by atoms with Crippen LogP contribution in [-0.4, -0.2) is 59.9 Å². The Morgan fingerprint density at radius 1 is 1.17 bits per heavy atom. The van der Waals surface area contributed by atoms with Gasteiger partial charge < -0.3 is 26.8 Å². The first-order valence-corrected chi connectivity index (χ1v) is 8.66. The summed E-state index contributed by atoms with van der Waals surface area (Å²) in [6.07, 6.45) is 2.87. The van der Waals surface area contributed by atoms with Gasteiger partial charge in [0.25, 0.3) is 0 Å². The molecule has 0 aromatic rings. The number of thiol groups is 1. The van der Waals surface area contributed by atoms with Crippen LogP contribution in [0, 0.1) is 0 Å². The highest BCUT2D eigenvalue weighted by Crippen LogP contribution is 2.06. The van der Waals surface area contributed by atoms with Gasteiger partial charge in [-0.25, -0.2) is 0 Å². The Morgan fingerprint density at radius 2 is 1.79 bits per heavy atom. The summed E-state index contributed by atoms with van der Waals surface area (Å²) in [5.74, 6) is -0.905. The molecular formula is C15H30N4O4S. The van der Waals surface area contributed by atoms with Gasteiger partial charge in [-0.3, -0.25) is 14.4 Å². The molecule has 0 aliphatic carbocycles. The molecule has 0 heterocycles. The first kappa shape index (κ1) is 22.7. The number of hydrogen-bond acceptors (Lipinski definition) is 6. The Morgan fingerprint density at radius 3 is 2.29 bits per heavy atom. The third-order valence-electron chi connectivity index (χ3n) is 3.43. The number of hydrogen-bond donors (Lipinski definition) is 6. The fraction of sp³-hybridized carbons (Fsp3) is 0.800. The molecule has 4 unspecified atom stereocenters. The molecule has 4 atom stereocenters. The molecule has 0 aromatic heterocycles. The molecule has 0 bridgehead atoms. The highest BCUT2D eigenvalue weighted by Gasteiger charge is 2.25. The lowest BCUT2D eigenvalue weighted by molar-refractivity contribution is -0.131. The average molecular weight is 362 g/mol. The first-order chi connectivity index (χ1) is 11.3. The summed E-state index contributed by atoms with van der Waals surface area (Å²) in [4.78, 5) is 34.9. The van der Waals surface area contributed by atoms with Crippen molar-refractivity contribution in [3.05, 3.63) is 0 Å². The van der Waals surface area contributed by atoms with Gasteiger partial charge in [0.2, 0.25) is 18.2 Å². The monoisotopic (exact) mass is 362 g/mol. The van der Waals surface area contributed by atoms with Crippen LogP contribution in [-0.2, 0) is 14.4 Å². The fourth-order valence-corrected chi connectivity index (χ4v) is 2.56. The summed E-state index contributed by atoms with van der Waals surface area (Å²) in [6, 6.07) is -1.91. The quantitative estimate of drug-likeness (QED) is 0.141. The second-order valence-corrected chi connectivity index (χ2v) is 6.74. The van der Waals surface area contributed by atoms with Gasteiger partial charge in [-0.2, -0.15) is 12.6 Å². The molecule has 0 aliphatic rings. The van der Waals surface area contributed by atoms with Crippen molar-refractivity contribution in [1.29, 1.82) is 0 Å². The molecule has 3 amide bonds. The molecule has 0 aromatic carbocycles. The van der Waals surface area contributed by atoms with Crippen LogP contribution in [0.25, 0.3) is 0 Å². The minimum Gasteiger partial charge on any atom is -0.394 e. The smallest absolute Gasteiger partial charge is 0.245 e. The van der Waals surface area contributed by atoms with Crippen LogP contribution in [0.5, 0.6) is 0 Å². The number of aliphatic hydroxyl groups excluding tert-OH is 1. The highest BCUT2D eigenvalue weighted by molar-refractivity contribution is 7.80. The Kier molecular flexibility index (Phi) is 12.3. The number of nitrogens with one attached hydrogen (secondary N) is 3. The van der Waals surface area contributed by atoms with Gasteiger partial charge >= 0.3 is 0 Å². The number of carbonyl (C=O) groups excluding carboxylic acids is 3. The van der Waals surface area contributed by atoms with E-state index in [-0.39, 0.29) is 17.2 Å². The molecule has 6 N–H and O–H groups in total. The number of nitrogens with two attached hydrogens (primary N) is 1. The minimum atomic E-state index is -1.08. The molecule has 0 saturated carbocycles. The van der Waals surface area contributed by atoms with Crippen molar-refractivity contribution in [2.24, 2.45) is 5.73 Å². The molecule has 0 radical (unpaired) electrons. The topological polar surface area (TPSA) is 134 Å². The summed E-state index contributed by atoms with van der Waals surface area (Å²) < 4.78 is 0. The van der Waals surface area contributed by atoms with E-state index in [0.29, 0.717) is 32.2 Å². The van der Waals surface area contributed by atoms with Crippen LogP contribution in [0.4, 0.5) is 0 Å². The molecule has 140 valence electrons. The van der Waals surface area contributed by atoms with E-state index in [9.17, 15) is 14.4 Å². The summed E-state index contributed by atoms with van der Waals surface area (Å²) in [6.45, 7) is 3.76. The maximum atomic E-state index is 12.4. The van der Waals surface area contributed by atoms with Gasteiger partial charge in [0, 0.05) is 11.3 Å². The lowest BCUT2D eigenvalue weighted by atomic mass is 10.1. The van der Waals surface area contributed by atoms with Crippen LogP contribution in [0.3, 0.4) is 0 Å². The van der Waals surface area contributed by atoms with Gasteiger partial charge in [-0.1, -0.05) is 6.92 Å². The SMILES string of the molecule is CC(S)CC(C)NC(=O)C(CCCCN)NC(=O)C(CO)NC=O. The summed E-state index contributed by atoms with van der Waals surface area (Å²) in [7, 11) is 0. The third kappa shape index (κ3) is 9.74. The van der Waals surface area contributed by atoms with Gasteiger partial charge in [-0.05, 0) is 39.2 Å². The van der Waals surface area contributed by atoms with Gasteiger partial charge in [-0.15, -0.1) is 0 Å². The second kappa shape index (κ2) is 13.0. The molecular weight excluding hydrogens is 332 g/mol.